The van der Waals surface area contributed by atoms with Crippen molar-refractivity contribution in [3.05, 3.63) is 5.32 Å². The molecule has 0 bridgehead atoms. The van der Waals surface area contributed by atoms with Crippen LogP contribution in [0.3, 0.4) is 0 Å². The Morgan fingerprint density at radius 2 is 2.00 bits per heavy atom. The summed E-state index contributed by atoms with van der Waals surface area (Å²) in [6.45, 7) is 2.82. The number of hydrogen-bond donors (Lipinski definition) is 0. The zero-order chi connectivity index (χ0) is 7.70. The molecular formula is C4H7Mo2NS3-2. The van der Waals surface area contributed by atoms with Gasteiger partial charge in [0, 0.05) is 21.1 Å². The van der Waals surface area contributed by atoms with E-state index >= 15 is 0 Å². The summed E-state index contributed by atoms with van der Waals surface area (Å²) in [5, 5.41) is 3.79. The van der Waals surface area contributed by atoms with Gasteiger partial charge in [0.25, 0.3) is 0 Å². The van der Waals surface area contributed by atoms with Crippen LogP contribution < -0.4 is 0 Å². The average molecular weight is 357 g/mol. The van der Waals surface area contributed by atoms with Gasteiger partial charge in [-0.2, -0.15) is 0 Å². The quantitative estimate of drug-likeness (QED) is 0.428. The van der Waals surface area contributed by atoms with Gasteiger partial charge in [-0.15, -0.1) is 6.54 Å². The summed E-state index contributed by atoms with van der Waals surface area (Å²) in [6.07, 6.45) is 1.02. The zero-order valence-corrected chi connectivity index (χ0v) is 11.9. The van der Waals surface area contributed by atoms with Gasteiger partial charge in [0.2, 0.25) is 0 Å². The topological polar surface area (TPSA) is 14.1 Å². The van der Waals surface area contributed by atoms with E-state index in [1.165, 1.54) is 18.0 Å². The molecule has 0 atom stereocenters. The molecule has 0 aromatic carbocycles. The Morgan fingerprint density at radius 1 is 1.60 bits per heavy atom. The van der Waals surface area contributed by atoms with Crippen LogP contribution in [-0.2, 0) is 51.7 Å². The fourth-order valence-corrected chi connectivity index (χ4v) is 0.386. The molecule has 1 nitrogen and oxygen atoms in total. The van der Waals surface area contributed by atoms with E-state index in [9.17, 15) is 0 Å². The average Bonchev–Trinajstić information content (AvgIpc) is 1.88. The zero-order valence-electron chi connectivity index (χ0n) is 5.40. The second-order valence-electron chi connectivity index (χ2n) is 1.15. The van der Waals surface area contributed by atoms with Crippen molar-refractivity contribution in [1.82, 2.24) is 0 Å². The molecular weight excluding hydrogens is 350 g/mol. The van der Waals surface area contributed by atoms with Crippen molar-refractivity contribution in [3.8, 4) is 0 Å². The Morgan fingerprint density at radius 3 is 2.10 bits per heavy atom. The third kappa shape index (κ3) is 22.6. The van der Waals surface area contributed by atoms with Gasteiger partial charge in [-0.05, 0) is 0 Å². The Hall–Kier alpha value is 1.71. The van der Waals surface area contributed by atoms with Crippen molar-refractivity contribution < 1.29 is 39.1 Å². The number of nitrogens with zero attached hydrogens (tertiary/aromatic N) is 1. The fraction of sp³-hybridized carbons (Fsp3) is 0.750. The van der Waals surface area contributed by atoms with Gasteiger partial charge < -0.3 is 30.2 Å². The summed E-state index contributed by atoms with van der Waals surface area (Å²) in [5.41, 5.74) is 0. The van der Waals surface area contributed by atoms with Crippen molar-refractivity contribution in [3.63, 3.8) is 0 Å². The van der Waals surface area contributed by atoms with Gasteiger partial charge in [-0.25, -0.2) is 0 Å². The molecule has 0 aliphatic rings. The molecule has 6 heteroatoms. The Labute approximate surface area is 102 Å². The monoisotopic (exact) mass is 361 g/mol. The van der Waals surface area contributed by atoms with Crippen molar-refractivity contribution in [2.45, 2.75) is 13.3 Å². The van der Waals surface area contributed by atoms with Crippen LogP contribution in [0.15, 0.2) is 0 Å². The van der Waals surface area contributed by atoms with E-state index < -0.39 is 0 Å². The summed E-state index contributed by atoms with van der Waals surface area (Å²) in [5.74, 6) is 0. The van der Waals surface area contributed by atoms with Crippen LogP contribution in [0.1, 0.15) is 13.3 Å². The second-order valence-corrected chi connectivity index (χ2v) is 2.18. The van der Waals surface area contributed by atoms with Crippen molar-refractivity contribution >= 4 is 39.0 Å². The van der Waals surface area contributed by atoms with Crippen LogP contribution in [0.5, 0.6) is 0 Å². The predicted molar refractivity (Wildman–Crippen MR) is 46.1 cm³/mol. The molecule has 60 valence electrons. The standard InChI is InChI=1S/C4H9NS2.2Mo.S/c1-2-3-5-4(6)7;;;/h2-3H2,1H3,(H2,5,6,7);;;/p-2. The van der Waals surface area contributed by atoms with Crippen molar-refractivity contribution in [2.24, 2.45) is 0 Å². The molecule has 0 rings (SSSR count). The van der Waals surface area contributed by atoms with E-state index in [0.29, 0.717) is 4.32 Å². The van der Waals surface area contributed by atoms with Gasteiger partial charge >= 0.3 is 27.8 Å². The first kappa shape index (κ1) is 17.7. The van der Waals surface area contributed by atoms with Crippen LogP contribution in [0.2, 0.25) is 0 Å². The van der Waals surface area contributed by atoms with E-state index in [1.54, 1.807) is 0 Å². The molecule has 0 amide bonds. The summed E-state index contributed by atoms with van der Waals surface area (Å²) >= 11 is 10.6. The maximum absolute atomic E-state index is 4.51. The second kappa shape index (κ2) is 17.0. The van der Waals surface area contributed by atoms with E-state index in [0.717, 1.165) is 13.0 Å². The van der Waals surface area contributed by atoms with E-state index in [2.05, 4.69) is 40.0 Å². The molecule has 10 heavy (non-hydrogen) atoms. The predicted octanol–water partition coefficient (Wildman–Crippen LogP) is 2.25. The molecule has 0 saturated heterocycles. The molecule has 0 fully saturated rings. The third-order valence-corrected chi connectivity index (χ3v) is 0.723. The molecule has 0 spiro atoms. The van der Waals surface area contributed by atoms with Gasteiger partial charge in [0.1, 0.15) is 0 Å². The summed E-state index contributed by atoms with van der Waals surface area (Å²) < 4.78 is 0.349. The van der Waals surface area contributed by atoms with Crippen LogP contribution in [0.4, 0.5) is 0 Å². The van der Waals surface area contributed by atoms with Crippen LogP contribution >= 0.6 is 22.0 Å². The molecule has 0 aromatic heterocycles. The van der Waals surface area contributed by atoms with Crippen LogP contribution in [0, 0.1) is 0 Å². The Balaban J connectivity index is -0.000000149. The minimum absolute atomic E-state index is 0. The molecule has 0 N–H and O–H groups in total. The summed E-state index contributed by atoms with van der Waals surface area (Å²) in [4.78, 5) is 0. The van der Waals surface area contributed by atoms with E-state index in [4.69, 9.17) is 0 Å². The third-order valence-electron chi connectivity index (χ3n) is 0.465. The molecule has 0 aliphatic heterocycles. The molecule has 0 unspecified atom stereocenters. The number of thiocarbonyl (C=S) groups is 1. The first-order valence-corrected chi connectivity index (χ1v) is 5.93. The van der Waals surface area contributed by atoms with Crippen molar-refractivity contribution in [2.75, 3.05) is 6.54 Å². The number of rotatable bonds is 2. The molecule has 0 aromatic rings. The molecule has 0 saturated carbocycles. The molecule has 0 radical (unpaired) electrons. The first-order chi connectivity index (χ1) is 4.27. The SMILES string of the molecule is CCC[N-]C(=S)[S-].[Mo].[S]=[Mo]. The fourth-order valence-electron chi connectivity index (χ4n) is 0.203. The molecule has 0 heterocycles. The summed E-state index contributed by atoms with van der Waals surface area (Å²) in [7, 11) is 4.09. The van der Waals surface area contributed by atoms with Gasteiger partial charge in [-0.1, -0.05) is 13.3 Å². The van der Waals surface area contributed by atoms with E-state index in [1.807, 2.05) is 6.92 Å². The van der Waals surface area contributed by atoms with Gasteiger partial charge in [0.15, 0.2) is 0 Å². The minimum atomic E-state index is 0. The Kier molecular flexibility index (Phi) is 30.1. The first-order valence-electron chi connectivity index (χ1n) is 2.32. The van der Waals surface area contributed by atoms with E-state index in [-0.39, 0.29) is 21.1 Å². The maximum atomic E-state index is 4.51. The van der Waals surface area contributed by atoms with Gasteiger partial charge in [0.05, 0.1) is 0 Å². The summed E-state index contributed by atoms with van der Waals surface area (Å²) in [6, 6.07) is 0. The normalized spacial score (nSPS) is 6.10. The van der Waals surface area contributed by atoms with Crippen LogP contribution in [0.25, 0.3) is 5.32 Å². The Bertz CT molecular complexity index is 80.9. The van der Waals surface area contributed by atoms with Crippen molar-refractivity contribution in [1.29, 1.82) is 0 Å². The number of hydrogen-bond acceptors (Lipinski definition) is 3. The van der Waals surface area contributed by atoms with Crippen LogP contribution in [-0.4, -0.2) is 10.9 Å². The molecule has 0 aliphatic carbocycles. The van der Waals surface area contributed by atoms with Gasteiger partial charge in [-0.3, -0.25) is 4.32 Å².